The van der Waals surface area contributed by atoms with Gasteiger partial charge in [-0.15, -0.1) is 0 Å². The molecule has 0 aromatic heterocycles. The van der Waals surface area contributed by atoms with Crippen LogP contribution in [0.5, 0.6) is 0 Å². The van der Waals surface area contributed by atoms with Crippen molar-refractivity contribution in [2.45, 2.75) is 31.5 Å². The molecule has 60 valence electrons. The SMILES string of the molecule is CC1CCC1(O)C(O)CO. The average molecular weight is 146 g/mol. The minimum absolute atomic E-state index is 0.120. The molecule has 3 unspecified atom stereocenters. The zero-order valence-corrected chi connectivity index (χ0v) is 6.12. The molecule has 3 atom stereocenters. The molecule has 1 aliphatic carbocycles. The second kappa shape index (κ2) is 2.49. The first kappa shape index (κ1) is 7.98. The van der Waals surface area contributed by atoms with Crippen LogP contribution in [0.3, 0.4) is 0 Å². The lowest BCUT2D eigenvalue weighted by atomic mass is 9.67. The minimum Gasteiger partial charge on any atom is -0.394 e. The Hall–Kier alpha value is -0.120. The van der Waals surface area contributed by atoms with Crippen molar-refractivity contribution < 1.29 is 15.3 Å². The summed E-state index contributed by atoms with van der Waals surface area (Å²) in [6.07, 6.45) is 0.583. The molecule has 1 saturated carbocycles. The van der Waals surface area contributed by atoms with Gasteiger partial charge in [-0.2, -0.15) is 0 Å². The monoisotopic (exact) mass is 146 g/mol. The molecule has 0 saturated heterocycles. The van der Waals surface area contributed by atoms with Gasteiger partial charge in [0.25, 0.3) is 0 Å². The smallest absolute Gasteiger partial charge is 0.106 e. The summed E-state index contributed by atoms with van der Waals surface area (Å²) in [7, 11) is 0. The van der Waals surface area contributed by atoms with E-state index in [1.807, 2.05) is 6.92 Å². The fourth-order valence-electron chi connectivity index (χ4n) is 1.38. The predicted molar refractivity (Wildman–Crippen MR) is 36.4 cm³/mol. The van der Waals surface area contributed by atoms with E-state index in [0.717, 1.165) is 6.42 Å². The van der Waals surface area contributed by atoms with Crippen molar-refractivity contribution in [3.63, 3.8) is 0 Å². The molecule has 0 heterocycles. The van der Waals surface area contributed by atoms with Crippen LogP contribution in [-0.2, 0) is 0 Å². The number of rotatable bonds is 2. The van der Waals surface area contributed by atoms with E-state index in [9.17, 15) is 5.11 Å². The fourth-order valence-corrected chi connectivity index (χ4v) is 1.38. The summed E-state index contributed by atoms with van der Waals surface area (Å²) in [4.78, 5) is 0. The van der Waals surface area contributed by atoms with Crippen LogP contribution in [0.1, 0.15) is 19.8 Å². The second-order valence-corrected chi connectivity index (χ2v) is 3.13. The standard InChI is InChI=1S/C7H14O3/c1-5-2-3-7(5,10)6(9)4-8/h5-6,8-10H,2-4H2,1H3. The van der Waals surface area contributed by atoms with E-state index in [2.05, 4.69) is 0 Å². The molecule has 3 heteroatoms. The second-order valence-electron chi connectivity index (χ2n) is 3.13. The van der Waals surface area contributed by atoms with E-state index < -0.39 is 11.7 Å². The lowest BCUT2D eigenvalue weighted by molar-refractivity contribution is -0.174. The summed E-state index contributed by atoms with van der Waals surface area (Å²) in [5.41, 5.74) is -1.01. The first-order chi connectivity index (χ1) is 4.61. The number of aliphatic hydroxyl groups excluding tert-OH is 2. The fraction of sp³-hybridized carbons (Fsp3) is 1.00. The summed E-state index contributed by atoms with van der Waals surface area (Å²) in [5, 5.41) is 27.2. The van der Waals surface area contributed by atoms with Gasteiger partial charge in [-0.3, -0.25) is 0 Å². The van der Waals surface area contributed by atoms with E-state index in [1.54, 1.807) is 0 Å². The van der Waals surface area contributed by atoms with Crippen molar-refractivity contribution in [3.05, 3.63) is 0 Å². The predicted octanol–water partition coefficient (Wildman–Crippen LogP) is -0.499. The minimum atomic E-state index is -1.01. The van der Waals surface area contributed by atoms with Crippen LogP contribution in [0.15, 0.2) is 0 Å². The summed E-state index contributed by atoms with van der Waals surface area (Å²) in [6.45, 7) is 1.53. The van der Waals surface area contributed by atoms with Crippen LogP contribution in [0.2, 0.25) is 0 Å². The maximum absolute atomic E-state index is 9.54. The Morgan fingerprint density at radius 1 is 1.70 bits per heavy atom. The molecule has 0 aromatic rings. The molecule has 0 spiro atoms. The van der Waals surface area contributed by atoms with Gasteiger partial charge in [0.1, 0.15) is 6.10 Å². The Kier molecular flexibility index (Phi) is 1.99. The van der Waals surface area contributed by atoms with Gasteiger partial charge in [-0.1, -0.05) is 6.92 Å². The Balaban J connectivity index is 2.51. The first-order valence-electron chi connectivity index (χ1n) is 3.62. The molecular formula is C7H14O3. The molecule has 3 nitrogen and oxygen atoms in total. The number of hydrogen-bond donors (Lipinski definition) is 3. The van der Waals surface area contributed by atoms with Gasteiger partial charge >= 0.3 is 0 Å². The molecular weight excluding hydrogens is 132 g/mol. The van der Waals surface area contributed by atoms with Crippen LogP contribution in [-0.4, -0.2) is 33.6 Å². The lowest BCUT2D eigenvalue weighted by Crippen LogP contribution is -2.56. The Morgan fingerprint density at radius 2 is 2.30 bits per heavy atom. The van der Waals surface area contributed by atoms with E-state index in [1.165, 1.54) is 0 Å². The molecule has 1 aliphatic rings. The molecule has 1 rings (SSSR count). The summed E-state index contributed by atoms with van der Waals surface area (Å²) in [6, 6.07) is 0. The van der Waals surface area contributed by atoms with E-state index in [-0.39, 0.29) is 12.5 Å². The van der Waals surface area contributed by atoms with Crippen LogP contribution in [0, 0.1) is 5.92 Å². The molecule has 0 radical (unpaired) electrons. The largest absolute Gasteiger partial charge is 0.394 e. The summed E-state index contributed by atoms with van der Waals surface area (Å²) >= 11 is 0. The zero-order valence-electron chi connectivity index (χ0n) is 6.12. The maximum Gasteiger partial charge on any atom is 0.106 e. The van der Waals surface area contributed by atoms with Gasteiger partial charge in [-0.25, -0.2) is 0 Å². The molecule has 0 amide bonds. The third-order valence-corrected chi connectivity index (χ3v) is 2.58. The van der Waals surface area contributed by atoms with E-state index in [0.29, 0.717) is 6.42 Å². The molecule has 10 heavy (non-hydrogen) atoms. The normalized spacial score (nSPS) is 42.6. The average Bonchev–Trinajstić information content (AvgIpc) is 1.98. The Morgan fingerprint density at radius 3 is 2.40 bits per heavy atom. The highest BCUT2D eigenvalue weighted by Gasteiger charge is 2.47. The quantitative estimate of drug-likeness (QED) is 0.492. The third kappa shape index (κ3) is 0.944. The topological polar surface area (TPSA) is 60.7 Å². The van der Waals surface area contributed by atoms with Crippen LogP contribution in [0.4, 0.5) is 0 Å². The zero-order chi connectivity index (χ0) is 7.78. The highest BCUT2D eigenvalue weighted by molar-refractivity contribution is 4.98. The van der Waals surface area contributed by atoms with Crippen LogP contribution in [0.25, 0.3) is 0 Å². The van der Waals surface area contributed by atoms with Gasteiger partial charge in [0.15, 0.2) is 0 Å². The van der Waals surface area contributed by atoms with Crippen LogP contribution >= 0.6 is 0 Å². The van der Waals surface area contributed by atoms with Gasteiger partial charge in [-0.05, 0) is 18.8 Å². The lowest BCUT2D eigenvalue weighted by Gasteiger charge is -2.46. The van der Waals surface area contributed by atoms with Crippen LogP contribution < -0.4 is 0 Å². The Bertz CT molecular complexity index is 126. The molecule has 0 bridgehead atoms. The van der Waals surface area contributed by atoms with Gasteiger partial charge < -0.3 is 15.3 Å². The van der Waals surface area contributed by atoms with E-state index in [4.69, 9.17) is 10.2 Å². The summed E-state index contributed by atoms with van der Waals surface area (Å²) in [5.74, 6) is 0.120. The van der Waals surface area contributed by atoms with Gasteiger partial charge in [0.05, 0.1) is 12.2 Å². The third-order valence-electron chi connectivity index (χ3n) is 2.58. The highest BCUT2D eigenvalue weighted by Crippen LogP contribution is 2.40. The molecule has 0 aliphatic heterocycles. The van der Waals surface area contributed by atoms with Crippen molar-refractivity contribution in [2.75, 3.05) is 6.61 Å². The van der Waals surface area contributed by atoms with Crippen molar-refractivity contribution in [1.29, 1.82) is 0 Å². The molecule has 0 aromatic carbocycles. The van der Waals surface area contributed by atoms with Gasteiger partial charge in [0.2, 0.25) is 0 Å². The van der Waals surface area contributed by atoms with Crippen molar-refractivity contribution in [2.24, 2.45) is 5.92 Å². The summed E-state index contributed by atoms with van der Waals surface area (Å²) < 4.78 is 0. The van der Waals surface area contributed by atoms with Gasteiger partial charge in [0, 0.05) is 0 Å². The first-order valence-corrected chi connectivity index (χ1v) is 3.62. The van der Waals surface area contributed by atoms with Crippen molar-refractivity contribution in [1.82, 2.24) is 0 Å². The number of aliphatic hydroxyl groups is 3. The highest BCUT2D eigenvalue weighted by atomic mass is 16.4. The van der Waals surface area contributed by atoms with Crippen molar-refractivity contribution >= 4 is 0 Å². The maximum atomic E-state index is 9.54. The molecule has 3 N–H and O–H groups in total. The molecule has 1 fully saturated rings. The van der Waals surface area contributed by atoms with E-state index >= 15 is 0 Å². The Labute approximate surface area is 60.3 Å². The van der Waals surface area contributed by atoms with Crippen molar-refractivity contribution in [3.8, 4) is 0 Å². The number of hydrogen-bond acceptors (Lipinski definition) is 3.